The van der Waals surface area contributed by atoms with Gasteiger partial charge in [0, 0.05) is 0 Å². The van der Waals surface area contributed by atoms with E-state index in [1.807, 2.05) is 30.3 Å². The summed E-state index contributed by atoms with van der Waals surface area (Å²) in [6.45, 7) is 0.557. The van der Waals surface area contributed by atoms with Crippen molar-refractivity contribution in [1.29, 1.82) is 0 Å². The molecule has 1 fully saturated rings. The Morgan fingerprint density at radius 1 is 1.09 bits per heavy atom. The molecular weight excluding hydrogens is 282 g/mol. The second kappa shape index (κ2) is 9.07. The van der Waals surface area contributed by atoms with Crippen molar-refractivity contribution in [1.82, 2.24) is 5.32 Å². The minimum Gasteiger partial charge on any atom is -0.492 e. The van der Waals surface area contributed by atoms with Crippen LogP contribution in [0.1, 0.15) is 32.1 Å². The molecule has 1 amide bonds. The maximum absolute atomic E-state index is 11.8. The maximum Gasteiger partial charge on any atom is 0.309 e. The Balaban J connectivity index is 1.55. The van der Waals surface area contributed by atoms with Crippen LogP contribution in [0.2, 0.25) is 0 Å². The summed E-state index contributed by atoms with van der Waals surface area (Å²) in [6, 6.07) is 9.40. The molecule has 0 unspecified atom stereocenters. The summed E-state index contributed by atoms with van der Waals surface area (Å²) in [5.74, 6) is 0.208. The molecular formula is C17H23NO4. The molecule has 22 heavy (non-hydrogen) atoms. The lowest BCUT2D eigenvalue weighted by Gasteiger charge is -2.19. The standard InChI is InChI=1S/C17H23NO4/c19-16(13-22-17(20)14-7-3-1-4-8-14)18-11-12-21-15-9-5-2-6-10-15/h2,5-6,9-10,14H,1,3-4,7-8,11-13H2,(H,18,19). The molecule has 1 N–H and O–H groups in total. The van der Waals surface area contributed by atoms with Gasteiger partial charge in [0.25, 0.3) is 5.91 Å². The molecule has 1 aromatic rings. The van der Waals surface area contributed by atoms with Gasteiger partial charge in [-0.05, 0) is 25.0 Å². The average Bonchev–Trinajstić information content (AvgIpc) is 2.58. The molecule has 0 saturated heterocycles. The molecule has 0 spiro atoms. The number of rotatable bonds is 7. The van der Waals surface area contributed by atoms with E-state index in [9.17, 15) is 9.59 Å². The largest absolute Gasteiger partial charge is 0.492 e. The predicted octanol–water partition coefficient (Wildman–Crippen LogP) is 2.31. The Morgan fingerprint density at radius 2 is 1.82 bits per heavy atom. The van der Waals surface area contributed by atoms with Crippen LogP contribution in [0.3, 0.4) is 0 Å². The number of carbonyl (C=O) groups is 2. The second-order valence-electron chi connectivity index (χ2n) is 5.45. The topological polar surface area (TPSA) is 64.6 Å². The molecule has 2 rings (SSSR count). The maximum atomic E-state index is 11.8. The zero-order valence-corrected chi connectivity index (χ0v) is 12.8. The molecule has 5 heteroatoms. The van der Waals surface area contributed by atoms with Gasteiger partial charge < -0.3 is 14.8 Å². The summed E-state index contributed by atoms with van der Waals surface area (Å²) in [5.41, 5.74) is 0. The highest BCUT2D eigenvalue weighted by molar-refractivity contribution is 5.81. The lowest BCUT2D eigenvalue weighted by molar-refractivity contribution is -0.153. The number of nitrogens with one attached hydrogen (secondary N) is 1. The first-order valence-corrected chi connectivity index (χ1v) is 7.87. The molecule has 0 aromatic heterocycles. The van der Waals surface area contributed by atoms with Crippen LogP contribution < -0.4 is 10.1 Å². The molecule has 1 saturated carbocycles. The van der Waals surface area contributed by atoms with Gasteiger partial charge in [0.2, 0.25) is 0 Å². The van der Waals surface area contributed by atoms with Gasteiger partial charge in [0.05, 0.1) is 12.5 Å². The fourth-order valence-corrected chi connectivity index (χ4v) is 2.52. The van der Waals surface area contributed by atoms with Crippen molar-refractivity contribution in [3.63, 3.8) is 0 Å². The van der Waals surface area contributed by atoms with Crippen LogP contribution in [-0.4, -0.2) is 31.6 Å². The number of carbonyl (C=O) groups excluding carboxylic acids is 2. The van der Waals surface area contributed by atoms with Crippen molar-refractivity contribution >= 4 is 11.9 Å². The third-order valence-electron chi connectivity index (χ3n) is 3.72. The highest BCUT2D eigenvalue weighted by Crippen LogP contribution is 2.24. The van der Waals surface area contributed by atoms with Crippen molar-refractivity contribution in [2.75, 3.05) is 19.8 Å². The molecule has 0 aliphatic heterocycles. The van der Waals surface area contributed by atoms with Gasteiger partial charge in [-0.2, -0.15) is 0 Å². The van der Waals surface area contributed by atoms with Crippen molar-refractivity contribution in [3.8, 4) is 5.75 Å². The van der Waals surface area contributed by atoms with Gasteiger partial charge >= 0.3 is 5.97 Å². The minimum atomic E-state index is -0.291. The van der Waals surface area contributed by atoms with Crippen LogP contribution in [0.4, 0.5) is 0 Å². The van der Waals surface area contributed by atoms with Crippen molar-refractivity contribution in [2.45, 2.75) is 32.1 Å². The summed E-state index contributed by atoms with van der Waals surface area (Å²) in [5, 5.41) is 2.67. The lowest BCUT2D eigenvalue weighted by Crippen LogP contribution is -2.33. The van der Waals surface area contributed by atoms with E-state index in [2.05, 4.69) is 5.32 Å². The van der Waals surface area contributed by atoms with E-state index in [-0.39, 0.29) is 24.4 Å². The van der Waals surface area contributed by atoms with Crippen LogP contribution in [0, 0.1) is 5.92 Å². The number of para-hydroxylation sites is 1. The summed E-state index contributed by atoms with van der Waals surface area (Å²) in [4.78, 5) is 23.4. The molecule has 0 atom stereocenters. The van der Waals surface area contributed by atoms with Gasteiger partial charge in [-0.15, -0.1) is 0 Å². The molecule has 0 bridgehead atoms. The van der Waals surface area contributed by atoms with Crippen molar-refractivity contribution in [3.05, 3.63) is 30.3 Å². The zero-order chi connectivity index (χ0) is 15.6. The van der Waals surface area contributed by atoms with E-state index in [0.717, 1.165) is 31.4 Å². The fourth-order valence-electron chi connectivity index (χ4n) is 2.52. The van der Waals surface area contributed by atoms with Crippen molar-refractivity contribution in [2.24, 2.45) is 5.92 Å². The molecule has 1 aliphatic carbocycles. The normalized spacial score (nSPS) is 15.1. The van der Waals surface area contributed by atoms with E-state index in [0.29, 0.717) is 13.2 Å². The van der Waals surface area contributed by atoms with Crippen LogP contribution in [0.25, 0.3) is 0 Å². The van der Waals surface area contributed by atoms with E-state index in [1.54, 1.807) is 0 Å². The van der Waals surface area contributed by atoms with Crippen LogP contribution >= 0.6 is 0 Å². The summed E-state index contributed by atoms with van der Waals surface area (Å²) < 4.78 is 10.5. The Bertz CT molecular complexity index is 469. The Labute approximate surface area is 131 Å². The third kappa shape index (κ3) is 5.76. The van der Waals surface area contributed by atoms with E-state index >= 15 is 0 Å². The SMILES string of the molecule is O=C(COC(=O)C1CCCCC1)NCCOc1ccccc1. The quantitative estimate of drug-likeness (QED) is 0.620. The number of benzene rings is 1. The second-order valence-corrected chi connectivity index (χ2v) is 5.45. The van der Waals surface area contributed by atoms with Gasteiger partial charge in [0.1, 0.15) is 12.4 Å². The van der Waals surface area contributed by atoms with Crippen LogP contribution in [0.15, 0.2) is 30.3 Å². The first-order chi connectivity index (χ1) is 10.8. The van der Waals surface area contributed by atoms with Gasteiger partial charge in [-0.3, -0.25) is 9.59 Å². The monoisotopic (exact) mass is 305 g/mol. The Hall–Kier alpha value is -2.04. The number of hydrogen-bond acceptors (Lipinski definition) is 4. The average molecular weight is 305 g/mol. The predicted molar refractivity (Wildman–Crippen MR) is 82.5 cm³/mol. The number of ether oxygens (including phenoxy) is 2. The molecule has 120 valence electrons. The first-order valence-electron chi connectivity index (χ1n) is 7.87. The number of amides is 1. The van der Waals surface area contributed by atoms with Crippen LogP contribution in [-0.2, 0) is 14.3 Å². The summed E-state index contributed by atoms with van der Waals surface area (Å²) >= 11 is 0. The van der Waals surface area contributed by atoms with E-state index < -0.39 is 0 Å². The lowest BCUT2D eigenvalue weighted by atomic mass is 9.89. The Kier molecular flexibility index (Phi) is 6.74. The Morgan fingerprint density at radius 3 is 2.55 bits per heavy atom. The van der Waals surface area contributed by atoms with Crippen LogP contribution in [0.5, 0.6) is 5.75 Å². The molecule has 1 aliphatic rings. The highest BCUT2D eigenvalue weighted by Gasteiger charge is 2.22. The summed E-state index contributed by atoms with van der Waals surface area (Å²) in [6.07, 6.45) is 5.09. The third-order valence-corrected chi connectivity index (χ3v) is 3.72. The summed E-state index contributed by atoms with van der Waals surface area (Å²) in [7, 11) is 0. The van der Waals surface area contributed by atoms with E-state index in [4.69, 9.17) is 9.47 Å². The number of esters is 1. The van der Waals surface area contributed by atoms with Crippen molar-refractivity contribution < 1.29 is 19.1 Å². The molecule has 5 nitrogen and oxygen atoms in total. The molecule has 0 radical (unpaired) electrons. The molecule has 0 heterocycles. The van der Waals surface area contributed by atoms with E-state index in [1.165, 1.54) is 6.42 Å². The fraction of sp³-hybridized carbons (Fsp3) is 0.529. The van der Waals surface area contributed by atoms with Gasteiger partial charge in [-0.1, -0.05) is 37.5 Å². The van der Waals surface area contributed by atoms with Gasteiger partial charge in [0.15, 0.2) is 6.61 Å². The molecule has 1 aromatic carbocycles. The first kappa shape index (κ1) is 16.3. The number of hydrogen-bond donors (Lipinski definition) is 1. The zero-order valence-electron chi connectivity index (χ0n) is 12.8. The smallest absolute Gasteiger partial charge is 0.309 e. The highest BCUT2D eigenvalue weighted by atomic mass is 16.5. The van der Waals surface area contributed by atoms with Gasteiger partial charge in [-0.25, -0.2) is 0 Å². The minimum absolute atomic E-state index is 0.0250.